The van der Waals surface area contributed by atoms with Crippen molar-refractivity contribution in [1.29, 1.82) is 0 Å². The van der Waals surface area contributed by atoms with Gasteiger partial charge in [-0.1, -0.05) is 37.3 Å². The molecule has 3 rings (SSSR count). The van der Waals surface area contributed by atoms with Crippen molar-refractivity contribution in [1.82, 2.24) is 9.55 Å². The summed E-state index contributed by atoms with van der Waals surface area (Å²) in [5.74, 6) is 0.816. The van der Waals surface area contributed by atoms with E-state index in [9.17, 15) is 4.79 Å². The van der Waals surface area contributed by atoms with E-state index in [0.717, 1.165) is 27.5 Å². The quantitative estimate of drug-likeness (QED) is 0.725. The predicted molar refractivity (Wildman–Crippen MR) is 90.6 cm³/mol. The second-order valence-corrected chi connectivity index (χ2v) is 6.06. The molecular weight excluding hydrogens is 296 g/mol. The van der Waals surface area contributed by atoms with Crippen LogP contribution >= 0.6 is 11.3 Å². The smallest absolute Gasteiger partial charge is 0.262 e. The van der Waals surface area contributed by atoms with Crippen LogP contribution in [0.15, 0.2) is 41.2 Å². The molecule has 4 nitrogen and oxygen atoms in total. The minimum Gasteiger partial charge on any atom is -0.383 e. The van der Waals surface area contributed by atoms with Gasteiger partial charge in [-0.3, -0.25) is 9.36 Å². The lowest BCUT2D eigenvalue weighted by Crippen LogP contribution is -2.26. The normalized spacial score (nSPS) is 11.2. The first-order valence-electron chi connectivity index (χ1n) is 7.32. The molecule has 2 aromatic heterocycles. The maximum absolute atomic E-state index is 12.7. The highest BCUT2D eigenvalue weighted by molar-refractivity contribution is 7.21. The number of methoxy groups -OCH3 is 1. The molecule has 0 radical (unpaired) electrons. The van der Waals surface area contributed by atoms with Crippen LogP contribution in [0.4, 0.5) is 0 Å². The fourth-order valence-electron chi connectivity index (χ4n) is 2.49. The molecule has 0 saturated heterocycles. The predicted octanol–water partition coefficient (Wildman–Crippen LogP) is 3.33. The van der Waals surface area contributed by atoms with Gasteiger partial charge in [-0.2, -0.15) is 0 Å². The van der Waals surface area contributed by atoms with E-state index < -0.39 is 0 Å². The fourth-order valence-corrected chi connectivity index (χ4v) is 3.53. The summed E-state index contributed by atoms with van der Waals surface area (Å²) < 4.78 is 6.83. The summed E-state index contributed by atoms with van der Waals surface area (Å²) in [6.07, 6.45) is 0.730. The Morgan fingerprint density at radius 2 is 2.05 bits per heavy atom. The van der Waals surface area contributed by atoms with Gasteiger partial charge in [0.1, 0.15) is 10.7 Å². The second-order valence-electron chi connectivity index (χ2n) is 5.03. The van der Waals surface area contributed by atoms with Crippen molar-refractivity contribution >= 4 is 21.6 Å². The Balaban J connectivity index is 2.16. The third-order valence-corrected chi connectivity index (χ3v) is 4.70. The first kappa shape index (κ1) is 14.9. The summed E-state index contributed by atoms with van der Waals surface area (Å²) >= 11 is 1.57. The molecule has 0 aliphatic carbocycles. The Hall–Kier alpha value is -1.98. The molecule has 0 unspecified atom stereocenters. The summed E-state index contributed by atoms with van der Waals surface area (Å²) in [7, 11) is 1.64. The van der Waals surface area contributed by atoms with E-state index >= 15 is 0 Å². The molecule has 0 atom stereocenters. The minimum atomic E-state index is 0.0253. The van der Waals surface area contributed by atoms with E-state index in [4.69, 9.17) is 4.74 Å². The molecule has 22 heavy (non-hydrogen) atoms. The number of aromatic nitrogens is 2. The number of nitrogens with zero attached hydrogens (tertiary/aromatic N) is 2. The molecule has 0 bridgehead atoms. The molecule has 0 aliphatic rings. The van der Waals surface area contributed by atoms with Gasteiger partial charge in [0, 0.05) is 18.4 Å². The van der Waals surface area contributed by atoms with Crippen molar-refractivity contribution in [2.45, 2.75) is 19.9 Å². The minimum absolute atomic E-state index is 0.0253. The van der Waals surface area contributed by atoms with Gasteiger partial charge in [-0.15, -0.1) is 11.3 Å². The Kier molecular flexibility index (Phi) is 4.36. The zero-order chi connectivity index (χ0) is 15.5. The van der Waals surface area contributed by atoms with Crippen LogP contribution in [-0.4, -0.2) is 23.3 Å². The van der Waals surface area contributed by atoms with Crippen LogP contribution in [0.1, 0.15) is 12.7 Å². The molecule has 0 fully saturated rings. The van der Waals surface area contributed by atoms with Gasteiger partial charge in [-0.25, -0.2) is 4.98 Å². The number of aryl methyl sites for hydroxylation is 1. The first-order valence-corrected chi connectivity index (χ1v) is 8.14. The summed E-state index contributed by atoms with van der Waals surface area (Å²) in [6, 6.07) is 12.0. The lowest BCUT2D eigenvalue weighted by Gasteiger charge is -2.10. The third kappa shape index (κ3) is 2.69. The molecule has 3 aromatic rings. The van der Waals surface area contributed by atoms with Crippen molar-refractivity contribution < 1.29 is 4.74 Å². The van der Waals surface area contributed by atoms with Crippen molar-refractivity contribution in [3.63, 3.8) is 0 Å². The van der Waals surface area contributed by atoms with Crippen LogP contribution in [0.5, 0.6) is 0 Å². The molecule has 2 heterocycles. The van der Waals surface area contributed by atoms with Crippen molar-refractivity contribution in [3.8, 4) is 10.4 Å². The molecule has 5 heteroatoms. The number of ether oxygens (including phenoxy) is 1. The first-order chi connectivity index (χ1) is 10.7. The highest BCUT2D eigenvalue weighted by Gasteiger charge is 2.13. The SMILES string of the molecule is CCc1nc2sc(-c3ccccc3)cc2c(=O)n1CCOC. The number of rotatable bonds is 5. The van der Waals surface area contributed by atoms with Crippen LogP contribution in [0.2, 0.25) is 0 Å². The van der Waals surface area contributed by atoms with Gasteiger partial charge >= 0.3 is 0 Å². The molecule has 0 amide bonds. The lowest BCUT2D eigenvalue weighted by atomic mass is 10.2. The Labute approximate surface area is 133 Å². The van der Waals surface area contributed by atoms with Crippen molar-refractivity contribution in [2.24, 2.45) is 0 Å². The topological polar surface area (TPSA) is 44.1 Å². The van der Waals surface area contributed by atoms with E-state index in [0.29, 0.717) is 18.5 Å². The van der Waals surface area contributed by atoms with Crippen LogP contribution in [0.3, 0.4) is 0 Å². The standard InChI is InChI=1S/C17H18N2O2S/c1-3-15-18-16-13(17(20)19(15)9-10-21-2)11-14(22-16)12-7-5-4-6-8-12/h4-8,11H,3,9-10H2,1-2H3. The molecular formula is C17H18N2O2S. The lowest BCUT2D eigenvalue weighted by molar-refractivity contribution is 0.185. The molecule has 0 spiro atoms. The summed E-state index contributed by atoms with van der Waals surface area (Å²) in [4.78, 5) is 19.3. The van der Waals surface area contributed by atoms with E-state index in [1.807, 2.05) is 31.2 Å². The van der Waals surface area contributed by atoms with Crippen LogP contribution in [0.25, 0.3) is 20.7 Å². The maximum atomic E-state index is 12.7. The van der Waals surface area contributed by atoms with Gasteiger partial charge in [-0.05, 0) is 11.6 Å². The Bertz CT molecular complexity index is 837. The van der Waals surface area contributed by atoms with Crippen molar-refractivity contribution in [3.05, 3.63) is 52.6 Å². The molecule has 0 aliphatic heterocycles. The third-order valence-electron chi connectivity index (χ3n) is 3.62. The van der Waals surface area contributed by atoms with Crippen LogP contribution in [0, 0.1) is 0 Å². The summed E-state index contributed by atoms with van der Waals surface area (Å²) in [5.41, 5.74) is 1.14. The van der Waals surface area contributed by atoms with Gasteiger partial charge in [0.25, 0.3) is 5.56 Å². The molecule has 0 N–H and O–H groups in total. The highest BCUT2D eigenvalue weighted by Crippen LogP contribution is 2.30. The summed E-state index contributed by atoms with van der Waals surface area (Å²) in [5, 5.41) is 0.692. The van der Waals surface area contributed by atoms with Gasteiger partial charge in [0.2, 0.25) is 0 Å². The van der Waals surface area contributed by atoms with E-state index in [2.05, 4.69) is 17.1 Å². The number of hydrogen-bond acceptors (Lipinski definition) is 4. The number of benzene rings is 1. The summed E-state index contributed by atoms with van der Waals surface area (Å²) in [6.45, 7) is 3.07. The van der Waals surface area contributed by atoms with E-state index in [1.165, 1.54) is 0 Å². The molecule has 114 valence electrons. The zero-order valence-corrected chi connectivity index (χ0v) is 13.5. The van der Waals surface area contributed by atoms with Crippen LogP contribution in [-0.2, 0) is 17.7 Å². The van der Waals surface area contributed by atoms with Gasteiger partial charge in [0.05, 0.1) is 18.5 Å². The zero-order valence-electron chi connectivity index (χ0n) is 12.7. The van der Waals surface area contributed by atoms with Gasteiger partial charge < -0.3 is 4.74 Å². The number of fused-ring (bicyclic) bond motifs is 1. The van der Waals surface area contributed by atoms with E-state index in [1.54, 1.807) is 23.0 Å². The fraction of sp³-hybridized carbons (Fsp3) is 0.294. The Morgan fingerprint density at radius 3 is 2.73 bits per heavy atom. The van der Waals surface area contributed by atoms with Gasteiger partial charge in [0.15, 0.2) is 0 Å². The monoisotopic (exact) mass is 314 g/mol. The van der Waals surface area contributed by atoms with Crippen molar-refractivity contribution in [2.75, 3.05) is 13.7 Å². The van der Waals surface area contributed by atoms with Crippen LogP contribution < -0.4 is 5.56 Å². The average Bonchev–Trinajstić information content (AvgIpc) is 2.99. The Morgan fingerprint density at radius 1 is 1.27 bits per heavy atom. The number of hydrogen-bond donors (Lipinski definition) is 0. The maximum Gasteiger partial charge on any atom is 0.262 e. The largest absolute Gasteiger partial charge is 0.383 e. The van der Waals surface area contributed by atoms with E-state index in [-0.39, 0.29) is 5.56 Å². The number of thiophene rings is 1. The molecule has 0 saturated carbocycles. The molecule has 1 aromatic carbocycles. The second kappa shape index (κ2) is 6.42. The average molecular weight is 314 g/mol. The highest BCUT2D eigenvalue weighted by atomic mass is 32.1.